The van der Waals surface area contributed by atoms with Gasteiger partial charge in [0.05, 0.1) is 12.1 Å². The molecule has 0 fully saturated rings. The van der Waals surface area contributed by atoms with Crippen LogP contribution in [0.4, 0.5) is 10.6 Å². The Balaban J connectivity index is 1.90. The van der Waals surface area contributed by atoms with E-state index in [1.165, 1.54) is 4.80 Å². The van der Waals surface area contributed by atoms with Crippen LogP contribution in [0.2, 0.25) is 0 Å². The number of urea groups is 1. The van der Waals surface area contributed by atoms with Crippen LogP contribution in [0.15, 0.2) is 4.52 Å². The highest BCUT2D eigenvalue weighted by Gasteiger charge is 2.17. The third kappa shape index (κ3) is 3.56. The number of aryl methyl sites for hydroxylation is 1. The van der Waals surface area contributed by atoms with Gasteiger partial charge >= 0.3 is 6.03 Å². The summed E-state index contributed by atoms with van der Waals surface area (Å²) in [6.07, 6.45) is 0. The van der Waals surface area contributed by atoms with E-state index in [2.05, 4.69) is 31.2 Å². The molecule has 0 unspecified atom stereocenters. The minimum absolute atomic E-state index is 0.178. The second kappa shape index (κ2) is 5.51. The van der Waals surface area contributed by atoms with Crippen molar-refractivity contribution in [3.63, 3.8) is 0 Å². The van der Waals surface area contributed by atoms with E-state index in [0.717, 1.165) is 5.56 Å². The molecule has 2 amide bonds. The Morgan fingerprint density at radius 2 is 2.05 bits per heavy atom. The molecule has 0 aliphatic rings. The molecule has 2 N–H and O–H groups in total. The molecule has 9 nitrogen and oxygen atoms in total. The van der Waals surface area contributed by atoms with Crippen LogP contribution in [0.3, 0.4) is 0 Å². The standard InChI is InChI=1S/C12H19N7O2/c1-7-8(2)21-17-10(7)14-11(20)13-6-9-15-18-19(16-9)12(3,4)5/h6H2,1-5H3,(H2,13,14,17,20). The number of rotatable bonds is 3. The highest BCUT2D eigenvalue weighted by Crippen LogP contribution is 2.16. The van der Waals surface area contributed by atoms with E-state index >= 15 is 0 Å². The summed E-state index contributed by atoms with van der Waals surface area (Å²) in [5, 5.41) is 21.0. The summed E-state index contributed by atoms with van der Waals surface area (Å²) in [4.78, 5) is 13.3. The van der Waals surface area contributed by atoms with Gasteiger partial charge in [-0.15, -0.1) is 10.2 Å². The molecule has 0 saturated carbocycles. The van der Waals surface area contributed by atoms with Crippen LogP contribution in [-0.4, -0.2) is 31.4 Å². The molecule has 114 valence electrons. The summed E-state index contributed by atoms with van der Waals surface area (Å²) in [5.74, 6) is 1.50. The van der Waals surface area contributed by atoms with Crippen LogP contribution >= 0.6 is 0 Å². The lowest BCUT2D eigenvalue weighted by atomic mass is 10.1. The molecule has 2 aromatic heterocycles. The first-order chi connectivity index (χ1) is 9.77. The first-order valence-electron chi connectivity index (χ1n) is 6.54. The monoisotopic (exact) mass is 293 g/mol. The Morgan fingerprint density at radius 1 is 1.33 bits per heavy atom. The molecule has 9 heteroatoms. The second-order valence-electron chi connectivity index (χ2n) is 5.69. The highest BCUT2D eigenvalue weighted by molar-refractivity contribution is 5.88. The van der Waals surface area contributed by atoms with Crippen LogP contribution in [0, 0.1) is 13.8 Å². The fraction of sp³-hybridized carbons (Fsp3) is 0.583. The lowest BCUT2D eigenvalue weighted by Crippen LogP contribution is -2.29. The number of amides is 2. The number of carbonyl (C=O) groups excluding carboxylic acids is 1. The minimum atomic E-state index is -0.404. The molecular weight excluding hydrogens is 274 g/mol. The first-order valence-corrected chi connectivity index (χ1v) is 6.54. The van der Waals surface area contributed by atoms with Crippen LogP contribution in [0.1, 0.15) is 37.9 Å². The van der Waals surface area contributed by atoms with E-state index in [1.807, 2.05) is 27.7 Å². The van der Waals surface area contributed by atoms with E-state index in [4.69, 9.17) is 4.52 Å². The van der Waals surface area contributed by atoms with Gasteiger partial charge in [-0.1, -0.05) is 5.16 Å². The van der Waals surface area contributed by atoms with Crippen molar-refractivity contribution in [2.24, 2.45) is 0 Å². The molecule has 21 heavy (non-hydrogen) atoms. The van der Waals surface area contributed by atoms with Gasteiger partial charge in [0.15, 0.2) is 11.6 Å². The van der Waals surface area contributed by atoms with Crippen molar-refractivity contribution in [2.45, 2.75) is 46.7 Å². The van der Waals surface area contributed by atoms with Crippen molar-refractivity contribution in [1.82, 2.24) is 30.7 Å². The lowest BCUT2D eigenvalue weighted by Gasteiger charge is -2.15. The van der Waals surface area contributed by atoms with Crippen LogP contribution in [-0.2, 0) is 12.1 Å². The summed E-state index contributed by atoms with van der Waals surface area (Å²) in [6.45, 7) is 9.67. The zero-order valence-electron chi connectivity index (χ0n) is 12.8. The zero-order valence-corrected chi connectivity index (χ0v) is 12.8. The van der Waals surface area contributed by atoms with E-state index in [1.54, 1.807) is 6.92 Å². The van der Waals surface area contributed by atoms with Crippen LogP contribution < -0.4 is 10.6 Å². The number of hydrogen-bond acceptors (Lipinski definition) is 6. The number of carbonyl (C=O) groups is 1. The second-order valence-corrected chi connectivity index (χ2v) is 5.69. The van der Waals surface area contributed by atoms with Crippen molar-refractivity contribution >= 4 is 11.8 Å². The van der Waals surface area contributed by atoms with Gasteiger partial charge < -0.3 is 9.84 Å². The van der Waals surface area contributed by atoms with E-state index in [-0.39, 0.29) is 12.1 Å². The van der Waals surface area contributed by atoms with E-state index in [9.17, 15) is 4.79 Å². The van der Waals surface area contributed by atoms with Gasteiger partial charge in [0, 0.05) is 5.56 Å². The molecule has 0 spiro atoms. The molecule has 0 aliphatic carbocycles. The summed E-state index contributed by atoms with van der Waals surface area (Å²) in [6, 6.07) is -0.404. The van der Waals surface area contributed by atoms with Gasteiger partial charge in [-0.3, -0.25) is 5.32 Å². The third-order valence-electron chi connectivity index (χ3n) is 2.85. The van der Waals surface area contributed by atoms with Gasteiger partial charge in [0.1, 0.15) is 5.76 Å². The van der Waals surface area contributed by atoms with E-state index < -0.39 is 6.03 Å². The summed E-state index contributed by atoms with van der Waals surface area (Å²) in [7, 11) is 0. The Hall–Kier alpha value is -2.45. The maximum absolute atomic E-state index is 11.8. The number of hydrogen-bond donors (Lipinski definition) is 2. The predicted octanol–water partition coefficient (Wildman–Crippen LogP) is 1.35. The first kappa shape index (κ1) is 14.9. The predicted molar refractivity (Wildman–Crippen MR) is 74.6 cm³/mol. The fourth-order valence-electron chi connectivity index (χ4n) is 1.44. The van der Waals surface area contributed by atoms with Gasteiger partial charge in [-0.05, 0) is 39.8 Å². The fourth-order valence-corrected chi connectivity index (χ4v) is 1.44. The molecule has 0 bridgehead atoms. The molecule has 2 rings (SSSR count). The molecule has 0 saturated heterocycles. The molecule has 0 radical (unpaired) electrons. The maximum Gasteiger partial charge on any atom is 0.320 e. The minimum Gasteiger partial charge on any atom is -0.359 e. The molecule has 2 aromatic rings. The molecular formula is C12H19N7O2. The third-order valence-corrected chi connectivity index (χ3v) is 2.85. The lowest BCUT2D eigenvalue weighted by molar-refractivity contribution is 0.251. The van der Waals surface area contributed by atoms with Crippen molar-refractivity contribution < 1.29 is 9.32 Å². The summed E-state index contributed by atoms with van der Waals surface area (Å²) >= 11 is 0. The number of nitrogens with zero attached hydrogens (tertiary/aromatic N) is 5. The quantitative estimate of drug-likeness (QED) is 0.883. The summed E-state index contributed by atoms with van der Waals surface area (Å²) < 4.78 is 4.97. The van der Waals surface area contributed by atoms with Crippen LogP contribution in [0.25, 0.3) is 0 Å². The van der Waals surface area contributed by atoms with Gasteiger partial charge in [-0.2, -0.15) is 4.80 Å². The largest absolute Gasteiger partial charge is 0.359 e. The van der Waals surface area contributed by atoms with Gasteiger partial charge in [0.2, 0.25) is 0 Å². The topological polar surface area (TPSA) is 111 Å². The smallest absolute Gasteiger partial charge is 0.320 e. The summed E-state index contributed by atoms with van der Waals surface area (Å²) in [5.41, 5.74) is 0.546. The molecule has 0 atom stereocenters. The van der Waals surface area contributed by atoms with Gasteiger partial charge in [-0.25, -0.2) is 4.79 Å². The number of aromatic nitrogens is 5. The average Bonchev–Trinajstić information content (AvgIpc) is 2.98. The normalized spacial score (nSPS) is 11.5. The SMILES string of the molecule is Cc1onc(NC(=O)NCc2nnn(C(C)(C)C)n2)c1C. The maximum atomic E-state index is 11.8. The molecule has 2 heterocycles. The average molecular weight is 293 g/mol. The van der Waals surface area contributed by atoms with Crippen molar-refractivity contribution in [1.29, 1.82) is 0 Å². The van der Waals surface area contributed by atoms with E-state index in [0.29, 0.717) is 17.4 Å². The van der Waals surface area contributed by atoms with Crippen molar-refractivity contribution in [2.75, 3.05) is 5.32 Å². The van der Waals surface area contributed by atoms with Crippen molar-refractivity contribution in [3.8, 4) is 0 Å². The Labute approximate surface area is 122 Å². The van der Waals surface area contributed by atoms with Gasteiger partial charge in [0.25, 0.3) is 0 Å². The molecule has 0 aromatic carbocycles. The Kier molecular flexibility index (Phi) is 3.92. The Bertz CT molecular complexity index is 638. The zero-order chi connectivity index (χ0) is 15.6. The highest BCUT2D eigenvalue weighted by atomic mass is 16.5. The number of anilines is 1. The van der Waals surface area contributed by atoms with Crippen LogP contribution in [0.5, 0.6) is 0 Å². The van der Waals surface area contributed by atoms with Crippen molar-refractivity contribution in [3.05, 3.63) is 17.1 Å². The number of tetrazole rings is 1. The Morgan fingerprint density at radius 3 is 2.57 bits per heavy atom. The number of nitrogens with one attached hydrogen (secondary N) is 2. The molecule has 0 aliphatic heterocycles.